The molecule has 0 aliphatic carbocycles. The maximum Gasteiger partial charge on any atom is 0.326 e. The Morgan fingerprint density at radius 3 is 0.641 bits per heavy atom. The van der Waals surface area contributed by atoms with E-state index < -0.39 is 102 Å². The van der Waals surface area contributed by atoms with Gasteiger partial charge in [0.25, 0.3) is 0 Å². The van der Waals surface area contributed by atoms with Gasteiger partial charge in [-0.05, 0) is 33.4 Å². The summed E-state index contributed by atoms with van der Waals surface area (Å²) in [5.41, 5.74) is 3.88. The number of hydrogen-bond acceptors (Lipinski definition) is 9. The van der Waals surface area contributed by atoms with Gasteiger partial charge in [-0.25, -0.2) is 4.79 Å². The lowest BCUT2D eigenvalue weighted by atomic mass is 9.99. The number of carbonyl (C=O) groups is 9. The van der Waals surface area contributed by atoms with Gasteiger partial charge in [-0.15, -0.1) is 0 Å². The second-order valence-electron chi connectivity index (χ2n) is 18.7. The van der Waals surface area contributed by atoms with Crippen LogP contribution in [0, 0.1) is 0 Å². The zero-order valence-corrected chi connectivity index (χ0v) is 42.9. The van der Waals surface area contributed by atoms with Crippen molar-refractivity contribution in [1.29, 1.82) is 0 Å². The van der Waals surface area contributed by atoms with Crippen molar-refractivity contribution >= 4 is 53.3 Å². The quantitative estimate of drug-likeness (QED) is 0.0344. The Kier molecular flexibility index (Phi) is 21.9. The van der Waals surface area contributed by atoms with E-state index in [1.807, 2.05) is 18.2 Å². The van der Waals surface area contributed by atoms with Crippen LogP contribution in [0.5, 0.6) is 0 Å². The fourth-order valence-electron chi connectivity index (χ4n) is 8.61. The number of amides is 7. The van der Waals surface area contributed by atoms with Crippen molar-refractivity contribution < 1.29 is 53.4 Å². The molecule has 0 aliphatic rings. The number of carbonyl (C=O) groups excluding carboxylic acids is 7. The van der Waals surface area contributed by atoms with Gasteiger partial charge < -0.3 is 47.4 Å². The average Bonchev–Trinajstić information content (AvgIpc) is 3.43. The molecule has 0 radical (unpaired) electrons. The average molecular weight is 1060 g/mol. The first-order chi connectivity index (χ1) is 37.6. The molecular weight excluding hydrogens is 995 g/mol. The van der Waals surface area contributed by atoms with Crippen molar-refractivity contribution in [3.63, 3.8) is 0 Å². The fourth-order valence-corrected chi connectivity index (χ4v) is 8.61. The maximum atomic E-state index is 14.9. The van der Waals surface area contributed by atoms with Gasteiger partial charge in [0.2, 0.25) is 41.4 Å². The summed E-state index contributed by atoms with van der Waals surface area (Å²) in [6.07, 6.45) is -1.25. The molecule has 0 saturated carbocycles. The molecule has 18 heteroatoms. The molecule has 6 rings (SSSR count). The molecule has 0 unspecified atom stereocenters. The minimum atomic E-state index is -1.83. The van der Waals surface area contributed by atoms with E-state index in [0.29, 0.717) is 27.8 Å². The van der Waals surface area contributed by atoms with Crippen LogP contribution in [0.4, 0.5) is 0 Å². The highest BCUT2D eigenvalue weighted by Crippen LogP contribution is 2.13. The summed E-state index contributed by atoms with van der Waals surface area (Å²) in [6, 6.07) is 42.9. The second kappa shape index (κ2) is 29.6. The highest BCUT2D eigenvalue weighted by atomic mass is 16.4. The van der Waals surface area contributed by atoms with E-state index >= 15 is 0 Å². The van der Waals surface area contributed by atoms with E-state index in [0.717, 1.165) is 5.56 Å². The van der Waals surface area contributed by atoms with Crippen LogP contribution in [-0.4, -0.2) is 106 Å². The molecule has 18 nitrogen and oxygen atoms in total. The molecule has 404 valence electrons. The van der Waals surface area contributed by atoms with E-state index in [4.69, 9.17) is 0 Å². The number of carboxylic acid groups (broad SMARTS) is 2. The van der Waals surface area contributed by atoms with Gasteiger partial charge >= 0.3 is 11.9 Å². The fraction of sp³-hybridized carbons (Fsp3) is 0.250. The van der Waals surface area contributed by atoms with E-state index in [1.54, 1.807) is 164 Å². The van der Waals surface area contributed by atoms with Gasteiger partial charge in [0, 0.05) is 45.4 Å². The number of rotatable bonds is 28. The standard InChI is InChI=1S/C60H63N7O11/c1-39(68)61-46(32-40-20-8-2-9-21-40)54(71)62-47(33-41-22-10-3-11-23-41)55(72)63-48(34-42-24-12-4-13-25-42)56(73)64-49(35-43-26-14-5-15-27-43)57(74)65-50(36-44-28-16-6-17-29-44)58(75)66-51(37-45-30-18-7-19-31-45)59(76)67-52(60(77)78)38-53(69)70/h2-31,46-52H,32-38H2,1H3,(H,61,68)(H,62,71)(H,63,72)(H,64,73)(H,65,74)(H,66,75)(H,67,76)(H,69,70)(H,77,78)/t46-,47-,48-,49-,50-,51-,52-/m0/s1. The maximum absolute atomic E-state index is 14.9. The summed E-state index contributed by atoms with van der Waals surface area (Å²) in [6.45, 7) is 1.28. The minimum absolute atomic E-state index is 0.00351. The molecule has 0 saturated heterocycles. The van der Waals surface area contributed by atoms with Crippen LogP contribution in [0.1, 0.15) is 46.7 Å². The van der Waals surface area contributed by atoms with Crippen LogP contribution in [0.15, 0.2) is 182 Å². The molecule has 0 aliphatic heterocycles. The van der Waals surface area contributed by atoms with Gasteiger partial charge in [-0.2, -0.15) is 0 Å². The molecular formula is C60H63N7O11. The molecule has 0 fully saturated rings. The number of hydrogen-bond donors (Lipinski definition) is 9. The van der Waals surface area contributed by atoms with Crippen molar-refractivity contribution in [3.05, 3.63) is 215 Å². The van der Waals surface area contributed by atoms with E-state index in [-0.39, 0.29) is 38.5 Å². The Morgan fingerprint density at radius 2 is 0.474 bits per heavy atom. The summed E-state index contributed by atoms with van der Waals surface area (Å²) in [7, 11) is 0. The largest absolute Gasteiger partial charge is 0.481 e. The first-order valence-corrected chi connectivity index (χ1v) is 25.4. The number of nitrogens with one attached hydrogen (secondary N) is 7. The Bertz CT molecular complexity index is 2960. The highest BCUT2D eigenvalue weighted by molar-refractivity contribution is 5.98. The van der Waals surface area contributed by atoms with Crippen molar-refractivity contribution in [3.8, 4) is 0 Å². The summed E-state index contributed by atoms with van der Waals surface area (Å²) in [5.74, 6) is -8.38. The third kappa shape index (κ3) is 19.0. The molecule has 9 N–H and O–H groups in total. The van der Waals surface area contributed by atoms with Crippen LogP contribution in [-0.2, 0) is 81.7 Å². The Hall–Kier alpha value is -9.45. The van der Waals surface area contributed by atoms with Gasteiger partial charge in [0.1, 0.15) is 42.3 Å². The minimum Gasteiger partial charge on any atom is -0.481 e. The van der Waals surface area contributed by atoms with E-state index in [1.165, 1.54) is 6.92 Å². The number of aliphatic carboxylic acids is 2. The predicted molar refractivity (Wildman–Crippen MR) is 290 cm³/mol. The lowest BCUT2D eigenvalue weighted by molar-refractivity contribution is -0.147. The molecule has 7 amide bonds. The van der Waals surface area contributed by atoms with E-state index in [2.05, 4.69) is 37.2 Å². The number of benzene rings is 6. The van der Waals surface area contributed by atoms with Crippen LogP contribution < -0.4 is 37.2 Å². The second-order valence-corrected chi connectivity index (χ2v) is 18.7. The normalized spacial score (nSPS) is 13.5. The molecule has 0 aromatic heterocycles. The lowest BCUT2D eigenvalue weighted by Crippen LogP contribution is -2.61. The SMILES string of the molecule is CC(=O)N[C@@H](Cc1ccccc1)C(=O)N[C@@H](Cc1ccccc1)C(=O)N[C@@H](Cc1ccccc1)C(=O)N[C@@H](Cc1ccccc1)C(=O)N[C@@H](Cc1ccccc1)C(=O)N[C@@H](Cc1ccccc1)C(=O)N[C@@H](CC(=O)O)C(=O)O. The summed E-state index contributed by atoms with van der Waals surface area (Å²) < 4.78 is 0. The molecule has 0 bridgehead atoms. The highest BCUT2D eigenvalue weighted by Gasteiger charge is 2.35. The molecule has 6 aromatic rings. The third-order valence-electron chi connectivity index (χ3n) is 12.5. The molecule has 0 spiro atoms. The van der Waals surface area contributed by atoms with Gasteiger partial charge in [-0.1, -0.05) is 182 Å². The van der Waals surface area contributed by atoms with Crippen LogP contribution in [0.25, 0.3) is 0 Å². The summed E-state index contributed by atoms with van der Waals surface area (Å²) in [5, 5.41) is 38.0. The van der Waals surface area contributed by atoms with Crippen molar-refractivity contribution in [2.75, 3.05) is 0 Å². The van der Waals surface area contributed by atoms with Crippen molar-refractivity contribution in [2.45, 2.75) is 94.2 Å². The van der Waals surface area contributed by atoms with Crippen LogP contribution >= 0.6 is 0 Å². The molecule has 0 heterocycles. The molecule has 7 atom stereocenters. The number of carboxylic acids is 2. The summed E-state index contributed by atoms with van der Waals surface area (Å²) in [4.78, 5) is 123. The zero-order valence-electron chi connectivity index (χ0n) is 42.9. The van der Waals surface area contributed by atoms with Gasteiger partial charge in [0.05, 0.1) is 6.42 Å². The van der Waals surface area contributed by atoms with Crippen molar-refractivity contribution in [2.24, 2.45) is 0 Å². The van der Waals surface area contributed by atoms with Gasteiger partial charge in [-0.3, -0.25) is 38.4 Å². The smallest absolute Gasteiger partial charge is 0.326 e. The first-order valence-electron chi connectivity index (χ1n) is 25.4. The molecule has 6 aromatic carbocycles. The first kappa shape index (κ1) is 57.8. The Balaban J connectivity index is 1.30. The predicted octanol–water partition coefficient (Wildman–Crippen LogP) is 3.42. The third-order valence-corrected chi connectivity index (χ3v) is 12.5. The van der Waals surface area contributed by atoms with Crippen LogP contribution in [0.2, 0.25) is 0 Å². The monoisotopic (exact) mass is 1060 g/mol. The topological polar surface area (TPSA) is 278 Å². The van der Waals surface area contributed by atoms with Crippen molar-refractivity contribution in [1.82, 2.24) is 37.2 Å². The lowest BCUT2D eigenvalue weighted by Gasteiger charge is -2.28. The van der Waals surface area contributed by atoms with Gasteiger partial charge in [0.15, 0.2) is 0 Å². The molecule has 78 heavy (non-hydrogen) atoms. The zero-order chi connectivity index (χ0) is 55.8. The Morgan fingerprint density at radius 1 is 0.295 bits per heavy atom. The van der Waals surface area contributed by atoms with E-state index in [9.17, 15) is 53.4 Å². The van der Waals surface area contributed by atoms with Crippen LogP contribution in [0.3, 0.4) is 0 Å². The Labute approximate surface area is 451 Å². The summed E-state index contributed by atoms with van der Waals surface area (Å²) >= 11 is 0.